The average Bonchev–Trinajstić information content (AvgIpc) is 2.28. The van der Waals surface area contributed by atoms with E-state index in [0.29, 0.717) is 16.5 Å². The number of nitrogens with two attached hydrogens (primary N) is 1. The number of rotatable bonds is 2. The monoisotopic (exact) mass is 239 g/mol. The summed E-state index contributed by atoms with van der Waals surface area (Å²) in [4.78, 5) is 18.6. The topological polar surface area (TPSA) is 68.9 Å². The summed E-state index contributed by atoms with van der Waals surface area (Å²) in [6, 6.07) is 4.70. The van der Waals surface area contributed by atoms with E-state index in [9.17, 15) is 9.18 Å². The molecule has 0 spiro atoms. The van der Waals surface area contributed by atoms with E-state index in [1.807, 2.05) is 0 Å². The van der Waals surface area contributed by atoms with E-state index in [4.69, 9.17) is 17.3 Å². The third kappa shape index (κ3) is 1.81. The Bertz CT molecular complexity index is 573. The van der Waals surface area contributed by atoms with Crippen LogP contribution in [0.3, 0.4) is 0 Å². The maximum absolute atomic E-state index is 12.4. The van der Waals surface area contributed by atoms with Crippen molar-refractivity contribution in [2.45, 2.75) is 6.67 Å². The van der Waals surface area contributed by atoms with Gasteiger partial charge in [-0.25, -0.2) is 14.4 Å². The molecule has 0 radical (unpaired) electrons. The van der Waals surface area contributed by atoms with E-state index in [2.05, 4.69) is 9.97 Å². The summed E-state index contributed by atoms with van der Waals surface area (Å²) in [6.45, 7) is -0.608. The number of nitrogens with zero attached hydrogens (tertiary/aromatic N) is 2. The van der Waals surface area contributed by atoms with Crippen LogP contribution in [0, 0.1) is 0 Å². The minimum atomic E-state index is -0.769. The first-order valence-electron chi connectivity index (χ1n) is 4.44. The number of alkyl halides is 1. The fourth-order valence-corrected chi connectivity index (χ4v) is 1.57. The number of amides is 1. The van der Waals surface area contributed by atoms with E-state index >= 15 is 0 Å². The molecule has 0 saturated heterocycles. The summed E-state index contributed by atoms with van der Waals surface area (Å²) in [5, 5.41) is 0.688. The van der Waals surface area contributed by atoms with Gasteiger partial charge in [-0.15, -0.1) is 0 Å². The summed E-state index contributed by atoms with van der Waals surface area (Å²) < 4.78 is 12.4. The molecule has 16 heavy (non-hydrogen) atoms. The Morgan fingerprint density at radius 2 is 2.19 bits per heavy atom. The van der Waals surface area contributed by atoms with Gasteiger partial charge in [-0.1, -0.05) is 17.7 Å². The molecule has 2 rings (SSSR count). The zero-order chi connectivity index (χ0) is 11.7. The molecule has 1 heterocycles. The smallest absolute Gasteiger partial charge is 0.286 e. The molecule has 0 saturated carbocycles. The van der Waals surface area contributed by atoms with Crippen molar-refractivity contribution in [1.82, 2.24) is 9.97 Å². The molecule has 1 amide bonds. The SMILES string of the molecule is NC(=O)c1nc(Cl)c2ccc(CF)cc2n1. The molecule has 2 aromatic rings. The Morgan fingerprint density at radius 1 is 1.44 bits per heavy atom. The molecule has 4 nitrogen and oxygen atoms in total. The molecular weight excluding hydrogens is 233 g/mol. The molecule has 6 heteroatoms. The molecule has 0 fully saturated rings. The first-order valence-corrected chi connectivity index (χ1v) is 4.81. The quantitative estimate of drug-likeness (QED) is 0.813. The summed E-state index contributed by atoms with van der Waals surface area (Å²) in [5.41, 5.74) is 5.91. The van der Waals surface area contributed by atoms with Crippen molar-refractivity contribution >= 4 is 28.4 Å². The number of hydrogen-bond acceptors (Lipinski definition) is 3. The predicted octanol–water partition coefficient (Wildman–Crippen LogP) is 1.85. The number of aromatic nitrogens is 2. The molecule has 0 bridgehead atoms. The number of benzene rings is 1. The molecule has 0 atom stereocenters. The maximum Gasteiger partial charge on any atom is 0.286 e. The Balaban J connectivity index is 2.72. The van der Waals surface area contributed by atoms with Gasteiger partial charge in [0.2, 0.25) is 5.82 Å². The number of carbonyl (C=O) groups excluding carboxylic acids is 1. The maximum atomic E-state index is 12.4. The van der Waals surface area contributed by atoms with Crippen LogP contribution in [0.2, 0.25) is 5.15 Å². The molecule has 1 aromatic carbocycles. The van der Waals surface area contributed by atoms with E-state index < -0.39 is 12.6 Å². The zero-order valence-corrected chi connectivity index (χ0v) is 8.83. The Hall–Kier alpha value is -1.75. The van der Waals surface area contributed by atoms with Crippen LogP contribution in [0.5, 0.6) is 0 Å². The number of primary amides is 1. The van der Waals surface area contributed by atoms with Crippen LogP contribution >= 0.6 is 11.6 Å². The molecule has 1 aromatic heterocycles. The fourth-order valence-electron chi connectivity index (χ4n) is 1.33. The van der Waals surface area contributed by atoms with Crippen molar-refractivity contribution in [3.8, 4) is 0 Å². The highest BCUT2D eigenvalue weighted by Gasteiger charge is 2.10. The Kier molecular flexibility index (Phi) is 2.70. The lowest BCUT2D eigenvalue weighted by atomic mass is 10.2. The predicted molar refractivity (Wildman–Crippen MR) is 57.9 cm³/mol. The van der Waals surface area contributed by atoms with Crippen LogP contribution in [-0.4, -0.2) is 15.9 Å². The zero-order valence-electron chi connectivity index (χ0n) is 8.08. The number of carbonyl (C=O) groups is 1. The second-order valence-corrected chi connectivity index (χ2v) is 3.55. The van der Waals surface area contributed by atoms with Crippen molar-refractivity contribution < 1.29 is 9.18 Å². The van der Waals surface area contributed by atoms with Crippen molar-refractivity contribution in [3.63, 3.8) is 0 Å². The first kappa shape index (κ1) is 10.8. The van der Waals surface area contributed by atoms with Gasteiger partial charge in [-0.2, -0.15) is 0 Å². The summed E-state index contributed by atoms with van der Waals surface area (Å²) in [6.07, 6.45) is 0. The van der Waals surface area contributed by atoms with Gasteiger partial charge >= 0.3 is 0 Å². The third-order valence-electron chi connectivity index (χ3n) is 2.09. The van der Waals surface area contributed by atoms with E-state index in [-0.39, 0.29) is 11.0 Å². The highest BCUT2D eigenvalue weighted by molar-refractivity contribution is 6.34. The van der Waals surface area contributed by atoms with Crippen molar-refractivity contribution in [2.75, 3.05) is 0 Å². The van der Waals surface area contributed by atoms with Crippen LogP contribution in [0.1, 0.15) is 16.2 Å². The van der Waals surface area contributed by atoms with Crippen molar-refractivity contribution in [3.05, 3.63) is 34.7 Å². The van der Waals surface area contributed by atoms with Crippen molar-refractivity contribution in [1.29, 1.82) is 0 Å². The summed E-state index contributed by atoms with van der Waals surface area (Å²) in [5.74, 6) is -0.942. The number of hydrogen-bond donors (Lipinski definition) is 1. The molecule has 2 N–H and O–H groups in total. The lowest BCUT2D eigenvalue weighted by Crippen LogP contribution is -2.15. The minimum absolute atomic E-state index is 0.129. The van der Waals surface area contributed by atoms with Gasteiger partial charge in [0.05, 0.1) is 5.52 Å². The van der Waals surface area contributed by atoms with Crippen LogP contribution in [0.15, 0.2) is 18.2 Å². The largest absolute Gasteiger partial charge is 0.363 e. The molecule has 0 aliphatic rings. The standard InChI is InChI=1S/C10H7ClFN3O/c11-8-6-2-1-5(4-12)3-7(6)14-10(15-8)9(13)16/h1-3H,4H2,(H2,13,16). The number of fused-ring (bicyclic) bond motifs is 1. The summed E-state index contributed by atoms with van der Waals surface area (Å²) in [7, 11) is 0. The highest BCUT2D eigenvalue weighted by Crippen LogP contribution is 2.21. The Labute approximate surface area is 95.3 Å². The van der Waals surface area contributed by atoms with Crippen LogP contribution in [-0.2, 0) is 6.67 Å². The van der Waals surface area contributed by atoms with Gasteiger partial charge < -0.3 is 5.73 Å². The Morgan fingerprint density at radius 3 is 2.81 bits per heavy atom. The van der Waals surface area contributed by atoms with Gasteiger partial charge in [0, 0.05) is 5.39 Å². The van der Waals surface area contributed by atoms with Crippen LogP contribution in [0.4, 0.5) is 4.39 Å². The average molecular weight is 240 g/mol. The first-order chi connectivity index (χ1) is 7.61. The van der Waals surface area contributed by atoms with E-state index in [1.54, 1.807) is 12.1 Å². The van der Waals surface area contributed by atoms with Crippen molar-refractivity contribution in [2.24, 2.45) is 5.73 Å². The lowest BCUT2D eigenvalue weighted by Gasteiger charge is -2.03. The normalized spacial score (nSPS) is 10.6. The van der Waals surface area contributed by atoms with Gasteiger partial charge in [-0.3, -0.25) is 4.79 Å². The van der Waals surface area contributed by atoms with Gasteiger partial charge in [0.25, 0.3) is 5.91 Å². The van der Waals surface area contributed by atoms with Gasteiger partial charge in [0.15, 0.2) is 0 Å². The molecular formula is C10H7ClFN3O. The fraction of sp³-hybridized carbons (Fsp3) is 0.100. The molecule has 0 unspecified atom stereocenters. The van der Waals surface area contributed by atoms with Crippen LogP contribution < -0.4 is 5.73 Å². The second kappa shape index (κ2) is 4.02. The number of halogens is 2. The summed E-state index contributed by atoms with van der Waals surface area (Å²) >= 11 is 5.85. The lowest BCUT2D eigenvalue weighted by molar-refractivity contribution is 0.0991. The highest BCUT2D eigenvalue weighted by atomic mass is 35.5. The molecule has 0 aliphatic carbocycles. The molecule has 82 valence electrons. The molecule has 0 aliphatic heterocycles. The van der Waals surface area contributed by atoms with E-state index in [0.717, 1.165) is 0 Å². The van der Waals surface area contributed by atoms with Crippen LogP contribution in [0.25, 0.3) is 10.9 Å². The third-order valence-corrected chi connectivity index (χ3v) is 2.38. The second-order valence-electron chi connectivity index (χ2n) is 3.19. The van der Waals surface area contributed by atoms with Gasteiger partial charge in [-0.05, 0) is 17.7 Å². The minimum Gasteiger partial charge on any atom is -0.363 e. The van der Waals surface area contributed by atoms with E-state index in [1.165, 1.54) is 6.07 Å². The van der Waals surface area contributed by atoms with Gasteiger partial charge in [0.1, 0.15) is 11.8 Å².